The zero-order valence-corrected chi connectivity index (χ0v) is 21.1. The highest BCUT2D eigenvalue weighted by Gasteiger charge is 2.19. The molecule has 7 nitrogen and oxygen atoms in total. The molecule has 4 rings (SSSR count). The highest BCUT2D eigenvalue weighted by atomic mass is 16.5. The minimum absolute atomic E-state index is 0.00251. The molecule has 0 amide bonds. The standard InChI is InChI=1S/C28H36N4O3/c1-21(2)18-25(33)20-31-27(23-8-7-9-26(19-23)35-3)29-32(28(31)34)24-12-10-22(11-13-24)14-17-30-15-5-4-6-16-30/h7-13,19,21H,4-6,14-18,20H2,1-3H3. The molecule has 0 atom stereocenters. The third-order valence-corrected chi connectivity index (χ3v) is 6.51. The van der Waals surface area contributed by atoms with Crippen LogP contribution in [0.5, 0.6) is 5.75 Å². The summed E-state index contributed by atoms with van der Waals surface area (Å²) < 4.78 is 8.23. The van der Waals surface area contributed by atoms with E-state index < -0.39 is 0 Å². The third-order valence-electron chi connectivity index (χ3n) is 6.51. The molecule has 3 aromatic rings. The Bertz CT molecular complexity index is 1190. The Morgan fingerprint density at radius 1 is 1.06 bits per heavy atom. The van der Waals surface area contributed by atoms with Crippen LogP contribution in [0.2, 0.25) is 0 Å². The van der Waals surface area contributed by atoms with Gasteiger partial charge in [-0.3, -0.25) is 9.36 Å². The number of hydrogen-bond donors (Lipinski definition) is 0. The second-order valence-electron chi connectivity index (χ2n) is 9.79. The molecular formula is C28H36N4O3. The van der Waals surface area contributed by atoms with Gasteiger partial charge < -0.3 is 9.64 Å². The van der Waals surface area contributed by atoms with Gasteiger partial charge in [-0.2, -0.15) is 4.68 Å². The first-order valence-electron chi connectivity index (χ1n) is 12.6. The normalized spacial score (nSPS) is 14.4. The fourth-order valence-corrected chi connectivity index (χ4v) is 4.65. The number of methoxy groups -OCH3 is 1. The highest BCUT2D eigenvalue weighted by Crippen LogP contribution is 2.23. The smallest absolute Gasteiger partial charge is 0.351 e. The van der Waals surface area contributed by atoms with Crippen molar-refractivity contribution in [3.8, 4) is 22.8 Å². The van der Waals surface area contributed by atoms with Gasteiger partial charge in [0.2, 0.25) is 0 Å². The lowest BCUT2D eigenvalue weighted by molar-refractivity contribution is -0.120. The van der Waals surface area contributed by atoms with Gasteiger partial charge >= 0.3 is 5.69 Å². The minimum Gasteiger partial charge on any atom is -0.497 e. The average molecular weight is 477 g/mol. The van der Waals surface area contributed by atoms with Crippen molar-refractivity contribution in [1.82, 2.24) is 19.2 Å². The largest absolute Gasteiger partial charge is 0.497 e. The average Bonchev–Trinajstić information content (AvgIpc) is 3.19. The van der Waals surface area contributed by atoms with Crippen LogP contribution < -0.4 is 10.4 Å². The monoisotopic (exact) mass is 476 g/mol. The number of likely N-dealkylation sites (tertiary alicyclic amines) is 1. The molecule has 2 aromatic carbocycles. The Labute approximate surface area is 207 Å². The number of ketones is 1. The molecule has 1 fully saturated rings. The number of nitrogens with zero attached hydrogens (tertiary/aromatic N) is 4. The maximum absolute atomic E-state index is 13.4. The van der Waals surface area contributed by atoms with Crippen molar-refractivity contribution in [3.63, 3.8) is 0 Å². The SMILES string of the molecule is COc1cccc(-c2nn(-c3ccc(CCN4CCCCC4)cc3)c(=O)n2CC(=O)CC(C)C)c1. The van der Waals surface area contributed by atoms with E-state index in [2.05, 4.69) is 22.1 Å². The molecular weight excluding hydrogens is 440 g/mol. The maximum Gasteiger partial charge on any atom is 0.351 e. The van der Waals surface area contributed by atoms with Crippen molar-refractivity contribution in [2.45, 2.75) is 52.5 Å². The van der Waals surface area contributed by atoms with Gasteiger partial charge in [0.1, 0.15) is 5.75 Å². The second kappa shape index (κ2) is 11.5. The number of piperidine rings is 1. The van der Waals surface area contributed by atoms with Crippen molar-refractivity contribution >= 4 is 5.78 Å². The molecule has 0 saturated carbocycles. The zero-order valence-electron chi connectivity index (χ0n) is 21.1. The van der Waals surface area contributed by atoms with E-state index in [1.165, 1.54) is 47.2 Å². The number of carbonyl (C=O) groups is 1. The summed E-state index contributed by atoms with van der Waals surface area (Å²) in [4.78, 5) is 28.6. The van der Waals surface area contributed by atoms with E-state index in [-0.39, 0.29) is 23.9 Å². The van der Waals surface area contributed by atoms with Crippen LogP contribution in [0, 0.1) is 5.92 Å². The van der Waals surface area contributed by atoms with Gasteiger partial charge in [0.25, 0.3) is 0 Å². The molecule has 0 unspecified atom stereocenters. The van der Waals surface area contributed by atoms with Gasteiger partial charge in [0.15, 0.2) is 11.6 Å². The molecule has 7 heteroatoms. The van der Waals surface area contributed by atoms with E-state index in [1.807, 2.05) is 50.2 Å². The summed E-state index contributed by atoms with van der Waals surface area (Å²) in [7, 11) is 1.60. The van der Waals surface area contributed by atoms with Gasteiger partial charge in [-0.1, -0.05) is 44.5 Å². The van der Waals surface area contributed by atoms with E-state index in [4.69, 9.17) is 4.74 Å². The molecule has 1 aromatic heterocycles. The predicted molar refractivity (Wildman–Crippen MR) is 138 cm³/mol. The number of aromatic nitrogens is 3. The lowest BCUT2D eigenvalue weighted by Crippen LogP contribution is -2.31. The molecule has 1 saturated heterocycles. The molecule has 0 spiro atoms. The van der Waals surface area contributed by atoms with Crippen LogP contribution in [0.1, 0.15) is 45.1 Å². The van der Waals surface area contributed by atoms with Crippen LogP contribution in [0.4, 0.5) is 0 Å². The summed E-state index contributed by atoms with van der Waals surface area (Å²) in [6.45, 7) is 7.43. The number of ether oxygens (including phenoxy) is 1. The molecule has 35 heavy (non-hydrogen) atoms. The van der Waals surface area contributed by atoms with Gasteiger partial charge in [-0.25, -0.2) is 4.79 Å². The first-order chi connectivity index (χ1) is 16.9. The Morgan fingerprint density at radius 2 is 1.80 bits per heavy atom. The van der Waals surface area contributed by atoms with E-state index in [0.29, 0.717) is 23.7 Å². The molecule has 0 bridgehead atoms. The summed E-state index contributed by atoms with van der Waals surface area (Å²) in [6.07, 6.45) is 5.33. The summed E-state index contributed by atoms with van der Waals surface area (Å²) >= 11 is 0. The fraction of sp³-hybridized carbons (Fsp3) is 0.464. The van der Waals surface area contributed by atoms with Crippen molar-refractivity contribution in [2.24, 2.45) is 5.92 Å². The van der Waals surface area contributed by atoms with Gasteiger partial charge in [0.05, 0.1) is 19.3 Å². The van der Waals surface area contributed by atoms with E-state index in [1.54, 1.807) is 7.11 Å². The van der Waals surface area contributed by atoms with Crippen molar-refractivity contribution in [2.75, 3.05) is 26.7 Å². The first kappa shape index (κ1) is 24.9. The van der Waals surface area contributed by atoms with Crippen molar-refractivity contribution in [3.05, 3.63) is 64.6 Å². The minimum atomic E-state index is -0.319. The number of Topliss-reactive ketones (excluding diaryl/α,β-unsaturated/α-hetero) is 1. The quantitative estimate of drug-likeness (QED) is 0.435. The molecule has 0 N–H and O–H groups in total. The lowest BCUT2D eigenvalue weighted by Gasteiger charge is -2.26. The first-order valence-corrected chi connectivity index (χ1v) is 12.6. The van der Waals surface area contributed by atoms with Gasteiger partial charge in [-0.15, -0.1) is 5.10 Å². The van der Waals surface area contributed by atoms with Crippen molar-refractivity contribution in [1.29, 1.82) is 0 Å². The van der Waals surface area contributed by atoms with Crippen LogP contribution in [0.25, 0.3) is 17.1 Å². The molecule has 2 heterocycles. The van der Waals surface area contributed by atoms with Crippen LogP contribution in [-0.2, 0) is 17.8 Å². The highest BCUT2D eigenvalue weighted by molar-refractivity contribution is 5.79. The van der Waals surface area contributed by atoms with Crippen LogP contribution in [0.15, 0.2) is 53.3 Å². The van der Waals surface area contributed by atoms with Crippen LogP contribution >= 0.6 is 0 Å². The Kier molecular flexibility index (Phi) is 8.18. The molecule has 1 aliphatic rings. The summed E-state index contributed by atoms with van der Waals surface area (Å²) in [5.74, 6) is 1.37. The predicted octanol–water partition coefficient (Wildman–Crippen LogP) is 4.35. The van der Waals surface area contributed by atoms with E-state index in [9.17, 15) is 9.59 Å². The molecule has 0 radical (unpaired) electrons. The van der Waals surface area contributed by atoms with E-state index in [0.717, 1.165) is 18.5 Å². The topological polar surface area (TPSA) is 69.4 Å². The van der Waals surface area contributed by atoms with Gasteiger partial charge in [0, 0.05) is 18.5 Å². The lowest BCUT2D eigenvalue weighted by atomic mass is 10.1. The van der Waals surface area contributed by atoms with Crippen LogP contribution in [-0.4, -0.2) is 51.8 Å². The maximum atomic E-state index is 13.4. The number of hydrogen-bond acceptors (Lipinski definition) is 5. The fourth-order valence-electron chi connectivity index (χ4n) is 4.65. The van der Waals surface area contributed by atoms with E-state index >= 15 is 0 Å². The Morgan fingerprint density at radius 3 is 2.49 bits per heavy atom. The number of rotatable bonds is 10. The van der Waals surface area contributed by atoms with Crippen LogP contribution in [0.3, 0.4) is 0 Å². The summed E-state index contributed by atoms with van der Waals surface area (Å²) in [5.41, 5.74) is 2.35. The second-order valence-corrected chi connectivity index (χ2v) is 9.79. The molecule has 0 aliphatic carbocycles. The summed E-state index contributed by atoms with van der Waals surface area (Å²) in [5, 5.41) is 4.66. The third kappa shape index (κ3) is 6.28. The van der Waals surface area contributed by atoms with Gasteiger partial charge in [-0.05, 0) is 68.1 Å². The number of benzene rings is 2. The number of carbonyl (C=O) groups excluding carboxylic acids is 1. The Balaban J connectivity index is 1.61. The molecule has 1 aliphatic heterocycles. The molecule has 186 valence electrons. The van der Waals surface area contributed by atoms with Crippen molar-refractivity contribution < 1.29 is 9.53 Å². The zero-order chi connectivity index (χ0) is 24.8. The Hall–Kier alpha value is -3.19. The summed E-state index contributed by atoms with van der Waals surface area (Å²) in [6, 6.07) is 15.4.